The van der Waals surface area contributed by atoms with Crippen LogP contribution in [-0.2, 0) is 16.6 Å². The van der Waals surface area contributed by atoms with E-state index in [0.29, 0.717) is 36.8 Å². The van der Waals surface area contributed by atoms with Crippen molar-refractivity contribution in [1.82, 2.24) is 24.2 Å². The normalized spacial score (nSPS) is 17.3. The summed E-state index contributed by atoms with van der Waals surface area (Å²) in [5.41, 5.74) is 4.06. The number of hydrogen-bond donors (Lipinski definition) is 2. The maximum Gasteiger partial charge on any atom is 0.264 e. The van der Waals surface area contributed by atoms with E-state index >= 15 is 0 Å². The Morgan fingerprint density at radius 3 is 2.57 bits per heavy atom. The predicted octanol–water partition coefficient (Wildman–Crippen LogP) is 4.19. The number of nitrogens with one attached hydrogen (secondary N) is 2. The molecule has 2 N–H and O–H groups in total. The van der Waals surface area contributed by atoms with Crippen LogP contribution in [0.5, 0.6) is 0 Å². The molecule has 4 rings (SSSR count). The van der Waals surface area contributed by atoms with Crippen LogP contribution in [-0.4, -0.2) is 65.0 Å². The lowest BCUT2D eigenvalue weighted by Gasteiger charge is -2.42. The van der Waals surface area contributed by atoms with Gasteiger partial charge in [0.05, 0.1) is 12.7 Å². The van der Waals surface area contributed by atoms with Gasteiger partial charge in [-0.1, -0.05) is 13.8 Å². The molecular weight excluding hydrogens is 493 g/mol. The summed E-state index contributed by atoms with van der Waals surface area (Å²) in [7, 11) is -3.80. The molecule has 2 aromatic carbocycles. The highest BCUT2D eigenvalue weighted by molar-refractivity contribution is 7.89. The molecule has 0 radical (unpaired) electrons. The van der Waals surface area contributed by atoms with Crippen molar-refractivity contribution in [2.24, 2.45) is 5.92 Å². The minimum absolute atomic E-state index is 0.0406. The summed E-state index contributed by atoms with van der Waals surface area (Å²) in [4.78, 5) is 3.69. The van der Waals surface area contributed by atoms with Gasteiger partial charge in [0.1, 0.15) is 5.82 Å². The predicted molar refractivity (Wildman–Crippen MR) is 142 cm³/mol. The Kier molecular flexibility index (Phi) is 8.05. The standard InChI is InChI=1S/C26H34FN7O2S/c1-5-34-29-15-26(31-34)37(35,36)33-11-10-32(16-18(2)3)25(17-33)23-13-20(14-28)24(12-19(23)4)30-22-8-6-21(27)7-9-22/h6-9,12-15,18,25,28,30H,5,10-11,16-17H2,1-4H3/t25-/m0/s1. The zero-order valence-electron chi connectivity index (χ0n) is 21.6. The summed E-state index contributed by atoms with van der Waals surface area (Å²) in [6, 6.07) is 9.79. The smallest absolute Gasteiger partial charge is 0.264 e. The molecule has 0 bridgehead atoms. The maximum absolute atomic E-state index is 13.4. The summed E-state index contributed by atoms with van der Waals surface area (Å²) in [6.07, 6.45) is 2.59. The molecule has 198 valence electrons. The Hall–Kier alpha value is -3.15. The topological polar surface area (TPSA) is 107 Å². The van der Waals surface area contributed by atoms with E-state index in [2.05, 4.69) is 34.3 Å². The van der Waals surface area contributed by atoms with Gasteiger partial charge in [0.2, 0.25) is 5.03 Å². The number of piperazine rings is 1. The molecule has 37 heavy (non-hydrogen) atoms. The lowest BCUT2D eigenvalue weighted by Crippen LogP contribution is -2.51. The van der Waals surface area contributed by atoms with Gasteiger partial charge in [-0.25, -0.2) is 12.8 Å². The molecule has 0 aliphatic carbocycles. The van der Waals surface area contributed by atoms with E-state index < -0.39 is 10.0 Å². The average molecular weight is 528 g/mol. The van der Waals surface area contributed by atoms with Crippen LogP contribution in [0.25, 0.3) is 0 Å². The second-order valence-corrected chi connectivity index (χ2v) is 11.6. The van der Waals surface area contributed by atoms with Gasteiger partial charge in [-0.2, -0.15) is 14.2 Å². The minimum Gasteiger partial charge on any atom is -0.355 e. The molecule has 2 heterocycles. The molecule has 9 nitrogen and oxygen atoms in total. The third-order valence-electron chi connectivity index (χ3n) is 6.53. The fraction of sp³-hybridized carbons (Fsp3) is 0.423. The van der Waals surface area contributed by atoms with E-state index in [1.165, 1.54) is 33.6 Å². The summed E-state index contributed by atoms with van der Waals surface area (Å²) in [5, 5.41) is 19.5. The van der Waals surface area contributed by atoms with Crippen molar-refractivity contribution < 1.29 is 12.8 Å². The van der Waals surface area contributed by atoms with Crippen LogP contribution in [0.3, 0.4) is 0 Å². The summed E-state index contributed by atoms with van der Waals surface area (Å²) < 4.78 is 41.7. The first kappa shape index (κ1) is 26.9. The molecular formula is C26H34FN7O2S. The SMILES string of the molecule is CCn1ncc(S(=O)(=O)N2CCN(CC(C)C)[C@H](c3cc(C=N)c(Nc4ccc(F)cc4)cc3C)C2)n1. The van der Waals surface area contributed by atoms with Crippen LogP contribution in [0, 0.1) is 24.1 Å². The number of hydrogen-bond acceptors (Lipinski definition) is 7. The molecule has 1 aliphatic rings. The lowest BCUT2D eigenvalue weighted by atomic mass is 9.94. The molecule has 1 atom stereocenters. The quantitative estimate of drug-likeness (QED) is 0.404. The summed E-state index contributed by atoms with van der Waals surface area (Å²) in [6.45, 7) is 10.7. The first-order valence-corrected chi connectivity index (χ1v) is 13.9. The molecule has 1 aliphatic heterocycles. The van der Waals surface area contributed by atoms with Crippen LogP contribution < -0.4 is 5.32 Å². The highest BCUT2D eigenvalue weighted by Gasteiger charge is 2.37. The van der Waals surface area contributed by atoms with Gasteiger partial charge in [0.25, 0.3) is 10.0 Å². The number of rotatable bonds is 9. The van der Waals surface area contributed by atoms with Crippen LogP contribution in [0.1, 0.15) is 43.5 Å². The number of aromatic nitrogens is 3. The zero-order chi connectivity index (χ0) is 26.7. The molecule has 0 amide bonds. The van der Waals surface area contributed by atoms with E-state index in [1.54, 1.807) is 12.1 Å². The molecule has 1 saturated heterocycles. The highest BCUT2D eigenvalue weighted by Crippen LogP contribution is 2.34. The van der Waals surface area contributed by atoms with Gasteiger partial charge in [-0.15, -0.1) is 5.10 Å². The van der Waals surface area contributed by atoms with Crippen molar-refractivity contribution >= 4 is 27.6 Å². The lowest BCUT2D eigenvalue weighted by molar-refractivity contribution is 0.104. The Bertz CT molecular complexity index is 1360. The Balaban J connectivity index is 1.68. The second kappa shape index (κ2) is 11.1. The minimum atomic E-state index is -3.80. The van der Waals surface area contributed by atoms with Crippen molar-refractivity contribution in [3.05, 3.63) is 65.1 Å². The Morgan fingerprint density at radius 1 is 1.22 bits per heavy atom. The first-order valence-electron chi connectivity index (χ1n) is 12.4. The van der Waals surface area contributed by atoms with Gasteiger partial charge >= 0.3 is 0 Å². The Labute approximate surface area is 217 Å². The third-order valence-corrected chi connectivity index (χ3v) is 8.26. The van der Waals surface area contributed by atoms with Gasteiger partial charge < -0.3 is 10.7 Å². The van der Waals surface area contributed by atoms with Crippen molar-refractivity contribution in [2.75, 3.05) is 31.5 Å². The zero-order valence-corrected chi connectivity index (χ0v) is 22.5. The third kappa shape index (κ3) is 5.89. The van der Waals surface area contributed by atoms with E-state index in [4.69, 9.17) is 5.41 Å². The van der Waals surface area contributed by atoms with Gasteiger partial charge in [-0.3, -0.25) is 4.90 Å². The molecule has 1 fully saturated rings. The number of anilines is 2. The van der Waals surface area contributed by atoms with Gasteiger partial charge in [-0.05, 0) is 67.3 Å². The van der Waals surface area contributed by atoms with Crippen LogP contribution in [0.4, 0.5) is 15.8 Å². The molecule has 0 unspecified atom stereocenters. The summed E-state index contributed by atoms with van der Waals surface area (Å²) >= 11 is 0. The maximum atomic E-state index is 13.4. The van der Waals surface area contributed by atoms with E-state index in [1.807, 2.05) is 26.0 Å². The molecule has 0 spiro atoms. The van der Waals surface area contributed by atoms with E-state index in [0.717, 1.165) is 23.4 Å². The highest BCUT2D eigenvalue weighted by atomic mass is 32.2. The van der Waals surface area contributed by atoms with Crippen molar-refractivity contribution in [3.8, 4) is 0 Å². The van der Waals surface area contributed by atoms with Gasteiger partial charge in [0, 0.05) is 55.4 Å². The number of sulfonamides is 1. The van der Waals surface area contributed by atoms with Crippen molar-refractivity contribution in [1.29, 1.82) is 5.41 Å². The van der Waals surface area contributed by atoms with Gasteiger partial charge in [0.15, 0.2) is 0 Å². The Morgan fingerprint density at radius 2 is 1.95 bits per heavy atom. The number of aryl methyl sites for hydroxylation is 2. The molecule has 3 aromatic rings. The monoisotopic (exact) mass is 527 g/mol. The second-order valence-electron chi connectivity index (χ2n) is 9.71. The first-order chi connectivity index (χ1) is 17.6. The van der Waals surface area contributed by atoms with E-state index in [-0.39, 0.29) is 23.4 Å². The van der Waals surface area contributed by atoms with Crippen LogP contribution in [0.2, 0.25) is 0 Å². The molecule has 1 aromatic heterocycles. The largest absolute Gasteiger partial charge is 0.355 e. The van der Waals surface area contributed by atoms with Crippen molar-refractivity contribution in [3.63, 3.8) is 0 Å². The molecule has 0 saturated carbocycles. The summed E-state index contributed by atoms with van der Waals surface area (Å²) in [5.74, 6) is 0.0840. The van der Waals surface area contributed by atoms with Crippen LogP contribution >= 0.6 is 0 Å². The molecule has 11 heteroatoms. The van der Waals surface area contributed by atoms with Crippen molar-refractivity contribution in [2.45, 2.75) is 45.3 Å². The number of nitrogens with zero attached hydrogens (tertiary/aromatic N) is 5. The van der Waals surface area contributed by atoms with E-state index in [9.17, 15) is 12.8 Å². The average Bonchev–Trinajstić information content (AvgIpc) is 3.36. The number of halogens is 1. The number of benzene rings is 2. The fourth-order valence-electron chi connectivity index (χ4n) is 4.70. The fourth-order valence-corrected chi connectivity index (χ4v) is 6.00. The van der Waals surface area contributed by atoms with Crippen LogP contribution in [0.15, 0.2) is 47.6 Å².